The van der Waals surface area contributed by atoms with Gasteiger partial charge in [0.15, 0.2) is 11.0 Å². The Labute approximate surface area is 171 Å². The van der Waals surface area contributed by atoms with Gasteiger partial charge in [-0.3, -0.25) is 9.55 Å². The summed E-state index contributed by atoms with van der Waals surface area (Å²) >= 11 is 7.68. The molecule has 4 nitrogen and oxygen atoms in total. The van der Waals surface area contributed by atoms with E-state index >= 15 is 0 Å². The molecule has 28 heavy (non-hydrogen) atoms. The summed E-state index contributed by atoms with van der Waals surface area (Å²) in [6, 6.07) is 16.2. The van der Waals surface area contributed by atoms with Crippen LogP contribution in [0.15, 0.2) is 72.1 Å². The molecule has 4 rings (SSSR count). The molecule has 7 heteroatoms. The van der Waals surface area contributed by atoms with Crippen LogP contribution in [-0.2, 0) is 5.75 Å². The smallest absolute Gasteiger partial charge is 0.196 e. The van der Waals surface area contributed by atoms with E-state index in [0.717, 1.165) is 16.8 Å². The molecule has 0 atom stereocenters. The molecule has 4 aromatic rings. The molecule has 140 valence electrons. The van der Waals surface area contributed by atoms with E-state index in [-0.39, 0.29) is 5.82 Å². The van der Waals surface area contributed by atoms with Crippen LogP contribution in [0.25, 0.3) is 17.1 Å². The van der Waals surface area contributed by atoms with Gasteiger partial charge in [0.05, 0.1) is 5.69 Å². The predicted octanol–water partition coefficient (Wildman–Crippen LogP) is 5.72. The van der Waals surface area contributed by atoms with E-state index < -0.39 is 0 Å². The normalized spacial score (nSPS) is 11.0. The third-order valence-corrected chi connectivity index (χ3v) is 5.49. The highest BCUT2D eigenvalue weighted by Gasteiger charge is 2.18. The molecule has 0 bridgehead atoms. The highest BCUT2D eigenvalue weighted by molar-refractivity contribution is 7.98. The van der Waals surface area contributed by atoms with Crippen LogP contribution in [0.4, 0.5) is 4.39 Å². The van der Waals surface area contributed by atoms with Gasteiger partial charge in [-0.05, 0) is 48.4 Å². The van der Waals surface area contributed by atoms with Crippen molar-refractivity contribution in [3.05, 3.63) is 89.0 Å². The zero-order valence-corrected chi connectivity index (χ0v) is 16.6. The molecular weight excluding hydrogens is 395 g/mol. The second-order valence-corrected chi connectivity index (χ2v) is 7.57. The first kappa shape index (κ1) is 18.7. The van der Waals surface area contributed by atoms with Gasteiger partial charge in [-0.1, -0.05) is 47.6 Å². The molecule has 0 spiro atoms. The first-order valence-electron chi connectivity index (χ1n) is 8.62. The molecule has 0 saturated heterocycles. The third kappa shape index (κ3) is 3.79. The molecule has 2 aromatic heterocycles. The van der Waals surface area contributed by atoms with Crippen molar-refractivity contribution in [2.45, 2.75) is 17.8 Å². The Bertz CT molecular complexity index is 1110. The Morgan fingerprint density at radius 2 is 1.93 bits per heavy atom. The maximum Gasteiger partial charge on any atom is 0.196 e. The molecule has 0 amide bonds. The van der Waals surface area contributed by atoms with Gasteiger partial charge in [-0.15, -0.1) is 10.2 Å². The van der Waals surface area contributed by atoms with Crippen LogP contribution in [0, 0.1) is 12.7 Å². The Hall–Kier alpha value is -2.70. The quantitative estimate of drug-likeness (QED) is 0.394. The van der Waals surface area contributed by atoms with Gasteiger partial charge in [-0.2, -0.15) is 0 Å². The number of hydrogen-bond donors (Lipinski definition) is 0. The summed E-state index contributed by atoms with van der Waals surface area (Å²) in [5, 5.41) is 10.0. The Morgan fingerprint density at radius 1 is 1.07 bits per heavy atom. The van der Waals surface area contributed by atoms with Crippen molar-refractivity contribution < 1.29 is 4.39 Å². The fourth-order valence-electron chi connectivity index (χ4n) is 2.84. The van der Waals surface area contributed by atoms with Crippen molar-refractivity contribution in [1.82, 2.24) is 19.7 Å². The Kier molecular flexibility index (Phi) is 5.41. The van der Waals surface area contributed by atoms with Crippen LogP contribution in [0.3, 0.4) is 0 Å². The van der Waals surface area contributed by atoms with Crippen LogP contribution in [0.1, 0.15) is 11.1 Å². The van der Waals surface area contributed by atoms with E-state index in [2.05, 4.69) is 15.2 Å². The van der Waals surface area contributed by atoms with E-state index in [9.17, 15) is 4.39 Å². The SMILES string of the molecule is Cc1ccc(Cl)cc1-n1c(SCc2ccccc2F)nnc1-c1cccnc1. The molecule has 0 aliphatic carbocycles. The molecular formula is C21H16ClFN4S. The van der Waals surface area contributed by atoms with E-state index in [1.54, 1.807) is 24.5 Å². The van der Waals surface area contributed by atoms with E-state index in [1.165, 1.54) is 17.8 Å². The summed E-state index contributed by atoms with van der Waals surface area (Å²) in [6.45, 7) is 2.00. The number of thioether (sulfide) groups is 1. The fourth-order valence-corrected chi connectivity index (χ4v) is 3.94. The first-order valence-corrected chi connectivity index (χ1v) is 9.98. The van der Waals surface area contributed by atoms with Crippen molar-refractivity contribution >= 4 is 23.4 Å². The van der Waals surface area contributed by atoms with Gasteiger partial charge in [0.25, 0.3) is 0 Å². The van der Waals surface area contributed by atoms with Gasteiger partial charge in [0.1, 0.15) is 5.82 Å². The molecule has 0 aliphatic rings. The van der Waals surface area contributed by atoms with Gasteiger partial charge < -0.3 is 0 Å². The highest BCUT2D eigenvalue weighted by Crippen LogP contribution is 2.32. The molecule has 0 fully saturated rings. The Balaban J connectivity index is 1.80. The summed E-state index contributed by atoms with van der Waals surface area (Å²) < 4.78 is 16.0. The summed E-state index contributed by atoms with van der Waals surface area (Å²) in [5.41, 5.74) is 3.37. The largest absolute Gasteiger partial charge is 0.270 e. The fraction of sp³-hybridized carbons (Fsp3) is 0.0952. The van der Waals surface area contributed by atoms with Crippen molar-refractivity contribution in [3.63, 3.8) is 0 Å². The predicted molar refractivity (Wildman–Crippen MR) is 110 cm³/mol. The van der Waals surface area contributed by atoms with Gasteiger partial charge >= 0.3 is 0 Å². The number of halogens is 2. The number of aromatic nitrogens is 4. The lowest BCUT2D eigenvalue weighted by Gasteiger charge is -2.13. The van der Waals surface area contributed by atoms with Gasteiger partial charge in [0.2, 0.25) is 0 Å². The van der Waals surface area contributed by atoms with E-state index in [1.807, 2.05) is 47.9 Å². The van der Waals surface area contributed by atoms with Crippen molar-refractivity contribution in [3.8, 4) is 17.1 Å². The summed E-state index contributed by atoms with van der Waals surface area (Å²) in [6.07, 6.45) is 3.45. The first-order chi connectivity index (χ1) is 13.6. The van der Waals surface area contributed by atoms with Crippen LogP contribution in [-0.4, -0.2) is 19.7 Å². The number of pyridine rings is 1. The van der Waals surface area contributed by atoms with Crippen LogP contribution in [0.5, 0.6) is 0 Å². The average Bonchev–Trinajstić information content (AvgIpc) is 3.13. The second kappa shape index (κ2) is 8.12. The van der Waals surface area contributed by atoms with E-state index in [0.29, 0.717) is 27.3 Å². The van der Waals surface area contributed by atoms with Crippen LogP contribution in [0.2, 0.25) is 5.02 Å². The minimum atomic E-state index is -0.229. The van der Waals surface area contributed by atoms with E-state index in [4.69, 9.17) is 11.6 Å². The van der Waals surface area contributed by atoms with Crippen molar-refractivity contribution in [2.24, 2.45) is 0 Å². The zero-order chi connectivity index (χ0) is 19.5. The van der Waals surface area contributed by atoms with Crippen molar-refractivity contribution in [2.75, 3.05) is 0 Å². The van der Waals surface area contributed by atoms with Gasteiger partial charge in [0, 0.05) is 28.7 Å². The molecule has 2 heterocycles. The lowest BCUT2D eigenvalue weighted by Crippen LogP contribution is -2.02. The number of rotatable bonds is 5. The standard InChI is InChI=1S/C21H16ClFN4S/c1-14-8-9-17(22)11-19(14)27-20(15-6-4-10-24-12-15)25-26-21(27)28-13-16-5-2-3-7-18(16)23/h2-12H,13H2,1H3. The molecule has 0 aliphatic heterocycles. The average molecular weight is 411 g/mol. The number of benzene rings is 2. The van der Waals surface area contributed by atoms with Crippen molar-refractivity contribution in [1.29, 1.82) is 0 Å². The maximum atomic E-state index is 14.0. The minimum Gasteiger partial charge on any atom is -0.270 e. The maximum absolute atomic E-state index is 14.0. The summed E-state index contributed by atoms with van der Waals surface area (Å²) in [4.78, 5) is 4.19. The summed E-state index contributed by atoms with van der Waals surface area (Å²) in [5.74, 6) is 0.874. The molecule has 0 N–H and O–H groups in total. The van der Waals surface area contributed by atoms with Gasteiger partial charge in [-0.25, -0.2) is 4.39 Å². The highest BCUT2D eigenvalue weighted by atomic mass is 35.5. The minimum absolute atomic E-state index is 0.229. The monoisotopic (exact) mass is 410 g/mol. The van der Waals surface area contributed by atoms with Crippen LogP contribution < -0.4 is 0 Å². The number of nitrogens with zero attached hydrogens (tertiary/aromatic N) is 4. The zero-order valence-electron chi connectivity index (χ0n) is 15.0. The molecule has 0 saturated carbocycles. The molecule has 0 radical (unpaired) electrons. The van der Waals surface area contributed by atoms with Crippen LogP contribution >= 0.6 is 23.4 Å². The number of hydrogen-bond acceptors (Lipinski definition) is 4. The third-order valence-electron chi connectivity index (χ3n) is 4.28. The number of aryl methyl sites for hydroxylation is 1. The second-order valence-electron chi connectivity index (χ2n) is 6.19. The summed E-state index contributed by atoms with van der Waals surface area (Å²) in [7, 11) is 0. The molecule has 0 unspecified atom stereocenters. The molecule has 2 aromatic carbocycles. The topological polar surface area (TPSA) is 43.6 Å². The lowest BCUT2D eigenvalue weighted by molar-refractivity contribution is 0.617. The Morgan fingerprint density at radius 3 is 2.71 bits per heavy atom. The lowest BCUT2D eigenvalue weighted by atomic mass is 10.2.